The highest BCUT2D eigenvalue weighted by Gasteiger charge is 2.38. The van der Waals surface area contributed by atoms with Gasteiger partial charge in [0.2, 0.25) is 0 Å². The Kier molecular flexibility index (Phi) is 8.00. The summed E-state index contributed by atoms with van der Waals surface area (Å²) in [6.07, 6.45) is -2.85. The number of methoxy groups -OCH3 is 1. The zero-order chi connectivity index (χ0) is 27.6. The highest BCUT2D eigenvalue weighted by molar-refractivity contribution is 6.07. The second-order valence-electron chi connectivity index (χ2n) is 9.09. The van der Waals surface area contributed by atoms with Crippen molar-refractivity contribution in [1.29, 1.82) is 0 Å². The zero-order valence-electron chi connectivity index (χ0n) is 20.4. The summed E-state index contributed by atoms with van der Waals surface area (Å²) >= 11 is 0. The molecular formula is C26H25F6N3O3. The van der Waals surface area contributed by atoms with Crippen LogP contribution in [-0.4, -0.2) is 54.3 Å². The average molecular weight is 541 g/mol. The summed E-state index contributed by atoms with van der Waals surface area (Å²) in [6, 6.07) is 6.24. The van der Waals surface area contributed by atoms with Crippen LogP contribution in [0.1, 0.15) is 40.2 Å². The number of nitrogens with zero attached hydrogens (tertiary/aromatic N) is 2. The van der Waals surface area contributed by atoms with E-state index in [-0.39, 0.29) is 35.5 Å². The summed E-state index contributed by atoms with van der Waals surface area (Å²) in [5.74, 6) is -5.63. The number of hydrogen-bond acceptors (Lipinski definition) is 3. The SMILES string of the molecule is COCCn1cc(C(=O)N2CCC(c3cc(CNC(=O)C(F)(F)F)ccc3F)CC2)c2c(F)c(F)ccc21. The zero-order valence-corrected chi connectivity index (χ0v) is 20.4. The van der Waals surface area contributed by atoms with E-state index in [2.05, 4.69) is 0 Å². The molecule has 0 saturated carbocycles. The van der Waals surface area contributed by atoms with Crippen LogP contribution < -0.4 is 5.32 Å². The van der Waals surface area contributed by atoms with E-state index >= 15 is 0 Å². The van der Waals surface area contributed by atoms with E-state index in [4.69, 9.17) is 4.74 Å². The molecule has 0 radical (unpaired) electrons. The van der Waals surface area contributed by atoms with Crippen LogP contribution in [0.3, 0.4) is 0 Å². The number of ether oxygens (including phenoxy) is 1. The van der Waals surface area contributed by atoms with E-state index in [1.807, 2.05) is 0 Å². The number of piperidine rings is 1. The Morgan fingerprint density at radius 2 is 1.74 bits per heavy atom. The number of amides is 2. The second-order valence-corrected chi connectivity index (χ2v) is 9.09. The van der Waals surface area contributed by atoms with Crippen molar-refractivity contribution in [2.24, 2.45) is 0 Å². The van der Waals surface area contributed by atoms with Gasteiger partial charge in [-0.3, -0.25) is 9.59 Å². The maximum absolute atomic E-state index is 14.7. The molecule has 38 heavy (non-hydrogen) atoms. The van der Waals surface area contributed by atoms with Crippen LogP contribution >= 0.6 is 0 Å². The van der Waals surface area contributed by atoms with E-state index in [0.29, 0.717) is 37.1 Å². The highest BCUT2D eigenvalue weighted by atomic mass is 19.4. The molecule has 1 N–H and O–H groups in total. The van der Waals surface area contributed by atoms with Crippen molar-refractivity contribution in [2.45, 2.75) is 38.0 Å². The molecule has 1 aliphatic heterocycles. The fourth-order valence-corrected chi connectivity index (χ4v) is 4.73. The molecule has 4 rings (SSSR count). The Labute approximate surface area is 214 Å². The topological polar surface area (TPSA) is 63.6 Å². The van der Waals surface area contributed by atoms with Gasteiger partial charge in [-0.1, -0.05) is 12.1 Å². The van der Waals surface area contributed by atoms with Crippen molar-refractivity contribution in [3.63, 3.8) is 0 Å². The Hall–Kier alpha value is -3.54. The lowest BCUT2D eigenvalue weighted by Gasteiger charge is -2.32. The smallest absolute Gasteiger partial charge is 0.383 e. The fourth-order valence-electron chi connectivity index (χ4n) is 4.73. The molecule has 1 saturated heterocycles. The number of alkyl halides is 3. The van der Waals surface area contributed by atoms with Gasteiger partial charge in [-0.05, 0) is 48.1 Å². The highest BCUT2D eigenvalue weighted by Crippen LogP contribution is 2.33. The number of hydrogen-bond donors (Lipinski definition) is 1. The third kappa shape index (κ3) is 5.64. The molecule has 1 aliphatic rings. The Balaban J connectivity index is 1.49. The van der Waals surface area contributed by atoms with Crippen molar-refractivity contribution < 1.29 is 40.7 Å². The van der Waals surface area contributed by atoms with Gasteiger partial charge in [0.1, 0.15) is 5.82 Å². The molecule has 204 valence electrons. The van der Waals surface area contributed by atoms with Crippen molar-refractivity contribution >= 4 is 22.7 Å². The first-order valence-corrected chi connectivity index (χ1v) is 11.9. The molecule has 3 aromatic rings. The summed E-state index contributed by atoms with van der Waals surface area (Å²) in [5.41, 5.74) is 0.954. The minimum Gasteiger partial charge on any atom is -0.383 e. The van der Waals surface area contributed by atoms with Crippen LogP contribution in [0, 0.1) is 17.5 Å². The fraction of sp³-hybridized carbons (Fsp3) is 0.385. The number of aromatic nitrogens is 1. The molecule has 0 unspecified atom stereocenters. The summed E-state index contributed by atoms with van der Waals surface area (Å²) in [7, 11) is 1.50. The first-order valence-electron chi connectivity index (χ1n) is 11.9. The minimum atomic E-state index is -5.02. The lowest BCUT2D eigenvalue weighted by atomic mass is 9.88. The molecule has 12 heteroatoms. The molecule has 0 spiro atoms. The molecule has 6 nitrogen and oxygen atoms in total. The van der Waals surface area contributed by atoms with Gasteiger partial charge in [-0.25, -0.2) is 13.2 Å². The monoisotopic (exact) mass is 541 g/mol. The van der Waals surface area contributed by atoms with Gasteiger partial charge in [0.25, 0.3) is 5.91 Å². The number of fused-ring (bicyclic) bond motifs is 1. The molecule has 2 heterocycles. The van der Waals surface area contributed by atoms with Crippen molar-refractivity contribution in [1.82, 2.24) is 14.8 Å². The first-order chi connectivity index (χ1) is 18.0. The largest absolute Gasteiger partial charge is 0.471 e. The third-order valence-corrected chi connectivity index (χ3v) is 6.70. The van der Waals surface area contributed by atoms with Crippen molar-refractivity contribution in [3.8, 4) is 0 Å². The maximum Gasteiger partial charge on any atom is 0.471 e. The molecule has 0 aliphatic carbocycles. The van der Waals surface area contributed by atoms with Gasteiger partial charge >= 0.3 is 12.1 Å². The number of carbonyl (C=O) groups is 2. The van der Waals surface area contributed by atoms with Crippen LogP contribution in [0.15, 0.2) is 36.5 Å². The van der Waals surface area contributed by atoms with E-state index in [9.17, 15) is 35.9 Å². The predicted molar refractivity (Wildman–Crippen MR) is 126 cm³/mol. The van der Waals surface area contributed by atoms with E-state index in [1.165, 1.54) is 36.4 Å². The summed E-state index contributed by atoms with van der Waals surface area (Å²) in [5, 5.41) is 1.64. The molecule has 0 bridgehead atoms. The van der Waals surface area contributed by atoms with E-state index in [0.717, 1.165) is 12.1 Å². The molecule has 2 aromatic carbocycles. The first kappa shape index (κ1) is 27.5. The number of halogens is 6. The quantitative estimate of drug-likeness (QED) is 0.433. The average Bonchev–Trinajstić information content (AvgIpc) is 3.27. The number of benzene rings is 2. The second kappa shape index (κ2) is 11.1. The van der Waals surface area contributed by atoms with Crippen LogP contribution in [-0.2, 0) is 22.6 Å². The number of carbonyl (C=O) groups excluding carboxylic acids is 2. The van der Waals surface area contributed by atoms with Crippen LogP contribution in [0.2, 0.25) is 0 Å². The van der Waals surface area contributed by atoms with E-state index in [1.54, 1.807) is 9.88 Å². The lowest BCUT2D eigenvalue weighted by molar-refractivity contribution is -0.173. The normalized spacial score (nSPS) is 14.8. The van der Waals surface area contributed by atoms with Crippen LogP contribution in [0.5, 0.6) is 0 Å². The summed E-state index contributed by atoms with van der Waals surface area (Å²) in [4.78, 5) is 25.9. The molecular weight excluding hydrogens is 516 g/mol. The molecule has 0 atom stereocenters. The Bertz CT molecular complexity index is 1350. The minimum absolute atomic E-state index is 0.0140. The number of likely N-dealkylation sites (tertiary alicyclic amines) is 1. The van der Waals surface area contributed by atoms with Crippen LogP contribution in [0.4, 0.5) is 26.3 Å². The van der Waals surface area contributed by atoms with Gasteiger partial charge in [-0.2, -0.15) is 13.2 Å². The Morgan fingerprint density at radius 3 is 2.39 bits per heavy atom. The van der Waals surface area contributed by atoms with Gasteiger partial charge in [0, 0.05) is 39.5 Å². The van der Waals surface area contributed by atoms with Gasteiger partial charge < -0.3 is 19.5 Å². The molecule has 1 fully saturated rings. The maximum atomic E-state index is 14.7. The molecule has 2 amide bonds. The van der Waals surface area contributed by atoms with Gasteiger partial charge in [0.15, 0.2) is 11.6 Å². The number of nitrogens with one attached hydrogen (secondary N) is 1. The van der Waals surface area contributed by atoms with Crippen LogP contribution in [0.25, 0.3) is 10.9 Å². The number of rotatable bonds is 7. The Morgan fingerprint density at radius 1 is 1.05 bits per heavy atom. The predicted octanol–water partition coefficient (Wildman–Crippen LogP) is 4.90. The van der Waals surface area contributed by atoms with Gasteiger partial charge in [-0.15, -0.1) is 0 Å². The standard InChI is InChI=1S/C26H25F6N3O3/c1-38-11-10-35-14-18(22-21(35)5-4-20(28)23(22)29)24(36)34-8-6-16(7-9-34)17-12-15(2-3-19(17)27)13-33-25(37)26(30,31)32/h2-5,12,14,16H,6-11,13H2,1H3,(H,33,37). The van der Waals surface area contributed by atoms with E-state index < -0.39 is 42.0 Å². The molecule has 1 aromatic heterocycles. The van der Waals surface area contributed by atoms with Gasteiger partial charge in [0.05, 0.1) is 23.1 Å². The van der Waals surface area contributed by atoms with Crippen molar-refractivity contribution in [2.75, 3.05) is 26.8 Å². The lowest BCUT2D eigenvalue weighted by Crippen LogP contribution is -2.38. The summed E-state index contributed by atoms with van der Waals surface area (Å²) < 4.78 is 87.4. The third-order valence-electron chi connectivity index (χ3n) is 6.70. The summed E-state index contributed by atoms with van der Waals surface area (Å²) in [6.45, 7) is 0.621. The van der Waals surface area contributed by atoms with Crippen molar-refractivity contribution in [3.05, 3.63) is 70.7 Å².